The van der Waals surface area contributed by atoms with Gasteiger partial charge in [0.2, 0.25) is 0 Å². The summed E-state index contributed by atoms with van der Waals surface area (Å²) in [5.74, 6) is -0.429. The van der Waals surface area contributed by atoms with E-state index in [4.69, 9.17) is 11.6 Å². The number of fused-ring (bicyclic) bond motifs is 1. The van der Waals surface area contributed by atoms with E-state index in [-0.39, 0.29) is 11.7 Å². The van der Waals surface area contributed by atoms with E-state index in [9.17, 15) is 9.18 Å². The number of carbonyl (C=O) groups excluding carboxylic acids is 1. The van der Waals surface area contributed by atoms with Crippen molar-refractivity contribution in [1.82, 2.24) is 9.88 Å². The van der Waals surface area contributed by atoms with Crippen LogP contribution in [0.5, 0.6) is 0 Å². The predicted molar refractivity (Wildman–Crippen MR) is 127 cm³/mol. The van der Waals surface area contributed by atoms with Crippen molar-refractivity contribution in [2.75, 3.05) is 31.1 Å². The summed E-state index contributed by atoms with van der Waals surface area (Å²) in [4.78, 5) is 22.2. The highest BCUT2D eigenvalue weighted by Crippen LogP contribution is 2.29. The molecule has 4 nitrogen and oxygen atoms in total. The average molecular weight is 446 g/mol. The molecule has 0 aliphatic carbocycles. The van der Waals surface area contributed by atoms with Gasteiger partial charge in [-0.15, -0.1) is 0 Å². The van der Waals surface area contributed by atoms with Crippen LogP contribution in [0.15, 0.2) is 78.9 Å². The molecule has 1 amide bonds. The molecule has 2 heterocycles. The van der Waals surface area contributed by atoms with Crippen LogP contribution in [0.2, 0.25) is 5.02 Å². The number of para-hydroxylation sites is 2. The second-order valence-corrected chi connectivity index (χ2v) is 8.19. The first-order valence-electron chi connectivity index (χ1n) is 10.6. The van der Waals surface area contributed by atoms with Gasteiger partial charge in [-0.25, -0.2) is 9.37 Å². The molecule has 1 aliphatic heterocycles. The Balaban J connectivity index is 1.46. The van der Waals surface area contributed by atoms with Crippen molar-refractivity contribution in [2.45, 2.75) is 0 Å². The zero-order valence-electron chi connectivity index (χ0n) is 17.3. The van der Waals surface area contributed by atoms with Crippen molar-refractivity contribution in [3.8, 4) is 11.3 Å². The molecule has 1 fully saturated rings. The number of piperazine rings is 1. The van der Waals surface area contributed by atoms with Gasteiger partial charge in [0.1, 0.15) is 5.82 Å². The number of pyridine rings is 1. The topological polar surface area (TPSA) is 36.4 Å². The van der Waals surface area contributed by atoms with Gasteiger partial charge in [-0.05, 0) is 36.4 Å². The molecular formula is C26H21ClFN3O. The molecule has 0 bridgehead atoms. The van der Waals surface area contributed by atoms with E-state index in [2.05, 4.69) is 9.88 Å². The molecule has 0 spiro atoms. The smallest absolute Gasteiger partial charge is 0.254 e. The fourth-order valence-corrected chi connectivity index (χ4v) is 4.44. The Labute approximate surface area is 190 Å². The molecule has 6 heteroatoms. The Morgan fingerprint density at radius 3 is 2.34 bits per heavy atom. The number of anilines is 1. The third kappa shape index (κ3) is 3.80. The molecule has 1 saturated heterocycles. The van der Waals surface area contributed by atoms with Gasteiger partial charge in [-0.1, -0.05) is 54.1 Å². The largest absolute Gasteiger partial charge is 0.367 e. The predicted octanol–water partition coefficient (Wildman–Crippen LogP) is 5.66. The van der Waals surface area contributed by atoms with E-state index >= 15 is 0 Å². The zero-order valence-corrected chi connectivity index (χ0v) is 18.1. The molecular weight excluding hydrogens is 425 g/mol. The van der Waals surface area contributed by atoms with Gasteiger partial charge in [0.05, 0.1) is 27.5 Å². The molecule has 1 aromatic heterocycles. The summed E-state index contributed by atoms with van der Waals surface area (Å²) in [7, 11) is 0. The number of benzene rings is 3. The van der Waals surface area contributed by atoms with Gasteiger partial charge < -0.3 is 9.80 Å². The Kier molecular flexibility index (Phi) is 5.50. The highest BCUT2D eigenvalue weighted by molar-refractivity contribution is 6.33. The molecule has 4 aromatic rings. The van der Waals surface area contributed by atoms with Crippen LogP contribution in [0.3, 0.4) is 0 Å². The number of hydrogen-bond acceptors (Lipinski definition) is 3. The van der Waals surface area contributed by atoms with Crippen molar-refractivity contribution >= 4 is 34.1 Å². The molecule has 1 aliphatic rings. The maximum Gasteiger partial charge on any atom is 0.254 e. The molecule has 0 unspecified atom stereocenters. The highest BCUT2D eigenvalue weighted by Gasteiger charge is 2.25. The van der Waals surface area contributed by atoms with Crippen LogP contribution in [-0.4, -0.2) is 42.0 Å². The highest BCUT2D eigenvalue weighted by atomic mass is 35.5. The number of aromatic nitrogens is 1. The maximum absolute atomic E-state index is 14.4. The first-order valence-corrected chi connectivity index (χ1v) is 10.9. The normalized spacial score (nSPS) is 14.1. The Morgan fingerprint density at radius 2 is 1.56 bits per heavy atom. The third-order valence-electron chi connectivity index (χ3n) is 5.86. The minimum Gasteiger partial charge on any atom is -0.367 e. The van der Waals surface area contributed by atoms with E-state index < -0.39 is 0 Å². The minimum absolute atomic E-state index is 0.0694. The average Bonchev–Trinajstić information content (AvgIpc) is 2.84. The quantitative estimate of drug-likeness (QED) is 0.408. The zero-order chi connectivity index (χ0) is 22.1. The molecule has 160 valence electrons. The Bertz CT molecular complexity index is 1300. The number of halogens is 2. The van der Waals surface area contributed by atoms with Gasteiger partial charge >= 0.3 is 0 Å². The molecule has 0 atom stereocenters. The first kappa shape index (κ1) is 20.5. The third-order valence-corrected chi connectivity index (χ3v) is 6.18. The van der Waals surface area contributed by atoms with E-state index in [1.54, 1.807) is 24.3 Å². The van der Waals surface area contributed by atoms with Crippen LogP contribution >= 0.6 is 11.6 Å². The van der Waals surface area contributed by atoms with Gasteiger partial charge in [0.15, 0.2) is 0 Å². The van der Waals surface area contributed by atoms with Gasteiger partial charge in [0.25, 0.3) is 5.91 Å². The van der Waals surface area contributed by atoms with E-state index in [0.717, 1.165) is 11.1 Å². The van der Waals surface area contributed by atoms with Crippen LogP contribution in [0, 0.1) is 5.82 Å². The summed E-state index contributed by atoms with van der Waals surface area (Å²) in [6.07, 6.45) is 0. The molecule has 5 rings (SSSR count). The lowest BCUT2D eigenvalue weighted by molar-refractivity contribution is 0.0748. The fraction of sp³-hybridized carbons (Fsp3) is 0.154. The van der Waals surface area contributed by atoms with Gasteiger partial charge in [0, 0.05) is 37.1 Å². The molecule has 3 aromatic carbocycles. The molecule has 0 saturated carbocycles. The summed E-state index contributed by atoms with van der Waals surface area (Å²) in [5.41, 5.74) is 3.04. The number of nitrogens with zero attached hydrogens (tertiary/aromatic N) is 3. The molecule has 0 radical (unpaired) electrons. The molecule has 32 heavy (non-hydrogen) atoms. The minimum atomic E-state index is -0.359. The summed E-state index contributed by atoms with van der Waals surface area (Å²) in [6.45, 7) is 2.54. The van der Waals surface area contributed by atoms with E-state index in [1.165, 1.54) is 6.07 Å². The second kappa shape index (κ2) is 8.60. The van der Waals surface area contributed by atoms with Crippen LogP contribution in [0.1, 0.15) is 10.4 Å². The summed E-state index contributed by atoms with van der Waals surface area (Å²) >= 11 is 6.35. The van der Waals surface area contributed by atoms with Crippen molar-refractivity contribution in [3.05, 3.63) is 95.3 Å². The monoisotopic (exact) mass is 445 g/mol. The number of carbonyl (C=O) groups is 1. The van der Waals surface area contributed by atoms with E-state index in [0.29, 0.717) is 53.5 Å². The van der Waals surface area contributed by atoms with Crippen molar-refractivity contribution in [3.63, 3.8) is 0 Å². The van der Waals surface area contributed by atoms with Gasteiger partial charge in [-0.2, -0.15) is 0 Å². The van der Waals surface area contributed by atoms with Crippen molar-refractivity contribution < 1.29 is 9.18 Å². The SMILES string of the molecule is O=C(c1cc(-c2ccccc2F)nc2ccccc12)N1CCN(c2ccccc2Cl)CC1. The summed E-state index contributed by atoms with van der Waals surface area (Å²) in [6, 6.07) is 23.5. The van der Waals surface area contributed by atoms with Crippen LogP contribution < -0.4 is 4.90 Å². The summed E-state index contributed by atoms with van der Waals surface area (Å²) < 4.78 is 14.4. The number of amides is 1. The van der Waals surface area contributed by atoms with Gasteiger partial charge in [-0.3, -0.25) is 4.79 Å². The molecule has 0 N–H and O–H groups in total. The lowest BCUT2D eigenvalue weighted by Gasteiger charge is -2.36. The standard InChI is InChI=1S/C26H21ClFN3O/c27-21-9-3-6-12-25(21)30-13-15-31(16-14-30)26(32)20-17-24(19-8-1-4-10-22(19)28)29-23-11-5-2-7-18(20)23/h1-12,17H,13-16H2. The maximum atomic E-state index is 14.4. The number of rotatable bonds is 3. The van der Waals surface area contributed by atoms with Crippen molar-refractivity contribution in [2.24, 2.45) is 0 Å². The lowest BCUT2D eigenvalue weighted by atomic mass is 10.0. The second-order valence-electron chi connectivity index (χ2n) is 7.78. The Morgan fingerprint density at radius 1 is 0.875 bits per heavy atom. The van der Waals surface area contributed by atoms with Crippen molar-refractivity contribution in [1.29, 1.82) is 0 Å². The van der Waals surface area contributed by atoms with Crippen LogP contribution in [-0.2, 0) is 0 Å². The number of hydrogen-bond donors (Lipinski definition) is 0. The first-order chi connectivity index (χ1) is 15.6. The van der Waals surface area contributed by atoms with Crippen LogP contribution in [0.25, 0.3) is 22.2 Å². The van der Waals surface area contributed by atoms with Crippen LogP contribution in [0.4, 0.5) is 10.1 Å². The summed E-state index contributed by atoms with van der Waals surface area (Å²) in [5, 5.41) is 1.48. The fourth-order valence-electron chi connectivity index (χ4n) is 4.19. The Hall–Kier alpha value is -3.44. The lowest BCUT2D eigenvalue weighted by Crippen LogP contribution is -2.49. The van der Waals surface area contributed by atoms with E-state index in [1.807, 2.05) is 53.4 Å².